The Labute approximate surface area is 107 Å². The molecule has 2 rings (SSSR count). The number of likely N-dealkylation sites (N-methyl/N-ethyl adjacent to an activating group) is 1. The van der Waals surface area contributed by atoms with Crippen LogP contribution < -0.4 is 10.5 Å². The van der Waals surface area contributed by atoms with Crippen LogP contribution in [0.3, 0.4) is 0 Å². The van der Waals surface area contributed by atoms with Crippen molar-refractivity contribution in [3.8, 4) is 11.4 Å². The molecule has 0 unspecified atom stereocenters. The Bertz CT molecular complexity index is 507. The van der Waals surface area contributed by atoms with E-state index in [9.17, 15) is 0 Å². The number of benzene rings is 1. The highest BCUT2D eigenvalue weighted by Gasteiger charge is 2.01. The first-order valence-electron chi connectivity index (χ1n) is 5.84. The zero-order valence-electron chi connectivity index (χ0n) is 10.7. The predicted octanol–water partition coefficient (Wildman–Crippen LogP) is 1.39. The summed E-state index contributed by atoms with van der Waals surface area (Å²) in [5.74, 6) is 1.34. The van der Waals surface area contributed by atoms with Gasteiger partial charge in [0.25, 0.3) is 0 Å². The van der Waals surface area contributed by atoms with Crippen molar-refractivity contribution in [2.45, 2.75) is 0 Å². The van der Waals surface area contributed by atoms with Crippen molar-refractivity contribution < 1.29 is 4.74 Å². The van der Waals surface area contributed by atoms with Gasteiger partial charge in [-0.05, 0) is 26.2 Å². The van der Waals surface area contributed by atoms with Crippen LogP contribution in [0.5, 0.6) is 5.75 Å². The quantitative estimate of drug-likeness (QED) is 0.866. The summed E-state index contributed by atoms with van der Waals surface area (Å²) in [6, 6.07) is 9.55. The third-order valence-electron chi connectivity index (χ3n) is 2.50. The van der Waals surface area contributed by atoms with E-state index in [0.717, 1.165) is 18.0 Å². The number of hydrogen-bond acceptors (Lipinski definition) is 4. The van der Waals surface area contributed by atoms with Crippen LogP contribution in [0.1, 0.15) is 0 Å². The van der Waals surface area contributed by atoms with Gasteiger partial charge in [-0.15, -0.1) is 0 Å². The molecule has 0 bridgehead atoms. The first-order valence-corrected chi connectivity index (χ1v) is 5.84. The Morgan fingerprint density at radius 2 is 2.17 bits per heavy atom. The highest BCUT2D eigenvalue weighted by molar-refractivity contribution is 5.40. The second-order valence-corrected chi connectivity index (χ2v) is 4.33. The molecule has 96 valence electrons. The summed E-state index contributed by atoms with van der Waals surface area (Å²) in [5.41, 5.74) is 6.54. The largest absolute Gasteiger partial charge is 0.492 e. The van der Waals surface area contributed by atoms with Crippen LogP contribution in [0.4, 0.5) is 5.82 Å². The standard InChI is InChI=1S/C13H18N4O/c1-16(2)8-9-18-12-5-3-4-11(10-12)17-7-6-13(14)15-17/h3-7,10H,8-9H2,1-2H3,(H2,14,15). The highest BCUT2D eigenvalue weighted by Crippen LogP contribution is 2.16. The van der Waals surface area contributed by atoms with E-state index in [4.69, 9.17) is 10.5 Å². The molecule has 1 heterocycles. The minimum Gasteiger partial charge on any atom is -0.492 e. The van der Waals surface area contributed by atoms with Crippen molar-refractivity contribution in [1.29, 1.82) is 0 Å². The molecule has 0 saturated heterocycles. The molecule has 0 aliphatic heterocycles. The SMILES string of the molecule is CN(C)CCOc1cccc(-n2ccc(N)n2)c1. The molecule has 2 aromatic rings. The molecule has 0 aliphatic carbocycles. The molecule has 0 spiro atoms. The predicted molar refractivity (Wildman–Crippen MR) is 72.0 cm³/mol. The number of aromatic nitrogens is 2. The van der Waals surface area contributed by atoms with Crippen molar-refractivity contribution >= 4 is 5.82 Å². The molecule has 0 atom stereocenters. The molecular formula is C13H18N4O. The van der Waals surface area contributed by atoms with Gasteiger partial charge in [-0.3, -0.25) is 0 Å². The van der Waals surface area contributed by atoms with E-state index in [1.54, 1.807) is 10.7 Å². The van der Waals surface area contributed by atoms with Gasteiger partial charge in [0.15, 0.2) is 0 Å². The maximum absolute atomic E-state index is 5.67. The van der Waals surface area contributed by atoms with Gasteiger partial charge in [-0.1, -0.05) is 6.07 Å². The smallest absolute Gasteiger partial charge is 0.145 e. The Morgan fingerprint density at radius 1 is 1.33 bits per heavy atom. The number of ether oxygens (including phenoxy) is 1. The van der Waals surface area contributed by atoms with E-state index in [2.05, 4.69) is 10.00 Å². The number of anilines is 1. The minimum absolute atomic E-state index is 0.508. The maximum atomic E-state index is 5.67. The van der Waals surface area contributed by atoms with E-state index in [-0.39, 0.29) is 0 Å². The maximum Gasteiger partial charge on any atom is 0.145 e. The fraction of sp³-hybridized carbons (Fsp3) is 0.308. The lowest BCUT2D eigenvalue weighted by molar-refractivity contribution is 0.261. The van der Waals surface area contributed by atoms with E-state index in [1.807, 2.05) is 44.6 Å². The molecular weight excluding hydrogens is 228 g/mol. The van der Waals surface area contributed by atoms with Crippen LogP contribution >= 0.6 is 0 Å². The Balaban J connectivity index is 2.05. The van der Waals surface area contributed by atoms with Crippen molar-refractivity contribution in [3.63, 3.8) is 0 Å². The highest BCUT2D eigenvalue weighted by atomic mass is 16.5. The summed E-state index contributed by atoms with van der Waals surface area (Å²) in [6.45, 7) is 1.55. The zero-order chi connectivity index (χ0) is 13.0. The Morgan fingerprint density at radius 3 is 2.83 bits per heavy atom. The molecule has 2 N–H and O–H groups in total. The number of hydrogen-bond donors (Lipinski definition) is 1. The lowest BCUT2D eigenvalue weighted by Gasteiger charge is -2.11. The third kappa shape index (κ3) is 3.24. The Kier molecular flexibility index (Phi) is 3.84. The third-order valence-corrected chi connectivity index (χ3v) is 2.50. The van der Waals surface area contributed by atoms with Crippen LogP contribution in [0.25, 0.3) is 5.69 Å². The summed E-state index contributed by atoms with van der Waals surface area (Å²) in [4.78, 5) is 2.08. The van der Waals surface area contributed by atoms with Crippen molar-refractivity contribution in [1.82, 2.24) is 14.7 Å². The van der Waals surface area contributed by atoms with Gasteiger partial charge in [0.05, 0.1) is 5.69 Å². The van der Waals surface area contributed by atoms with Gasteiger partial charge < -0.3 is 15.4 Å². The normalized spacial score (nSPS) is 10.8. The summed E-state index contributed by atoms with van der Waals surface area (Å²) in [6.07, 6.45) is 1.83. The molecule has 0 aliphatic rings. The first-order chi connectivity index (χ1) is 8.65. The van der Waals surface area contributed by atoms with Crippen LogP contribution in [0.15, 0.2) is 36.5 Å². The van der Waals surface area contributed by atoms with Crippen molar-refractivity contribution in [2.24, 2.45) is 0 Å². The van der Waals surface area contributed by atoms with E-state index in [1.165, 1.54) is 0 Å². The van der Waals surface area contributed by atoms with Crippen molar-refractivity contribution in [3.05, 3.63) is 36.5 Å². The number of nitrogen functional groups attached to an aromatic ring is 1. The number of nitrogens with zero attached hydrogens (tertiary/aromatic N) is 3. The molecule has 1 aromatic heterocycles. The Hall–Kier alpha value is -2.01. The molecule has 0 radical (unpaired) electrons. The van der Waals surface area contributed by atoms with Crippen LogP contribution in [-0.2, 0) is 0 Å². The minimum atomic E-state index is 0.508. The molecule has 18 heavy (non-hydrogen) atoms. The summed E-state index contributed by atoms with van der Waals surface area (Å²) in [5, 5.41) is 4.16. The molecule has 0 amide bonds. The fourth-order valence-corrected chi connectivity index (χ4v) is 1.54. The second kappa shape index (κ2) is 5.55. The van der Waals surface area contributed by atoms with E-state index < -0.39 is 0 Å². The molecule has 5 nitrogen and oxygen atoms in total. The average Bonchev–Trinajstić information content (AvgIpc) is 2.76. The molecule has 0 fully saturated rings. The van der Waals surface area contributed by atoms with Crippen LogP contribution in [0.2, 0.25) is 0 Å². The van der Waals surface area contributed by atoms with E-state index >= 15 is 0 Å². The fourth-order valence-electron chi connectivity index (χ4n) is 1.54. The zero-order valence-corrected chi connectivity index (χ0v) is 10.7. The number of rotatable bonds is 5. The molecule has 1 aromatic carbocycles. The molecule has 5 heteroatoms. The summed E-state index contributed by atoms with van der Waals surface area (Å²) < 4.78 is 7.40. The first kappa shape index (κ1) is 12.4. The lowest BCUT2D eigenvalue weighted by atomic mass is 10.3. The average molecular weight is 246 g/mol. The molecule has 0 saturated carbocycles. The summed E-state index contributed by atoms with van der Waals surface area (Å²) >= 11 is 0. The topological polar surface area (TPSA) is 56.3 Å². The summed E-state index contributed by atoms with van der Waals surface area (Å²) in [7, 11) is 4.04. The van der Waals surface area contributed by atoms with Gasteiger partial charge in [0, 0.05) is 24.9 Å². The van der Waals surface area contributed by atoms with Crippen molar-refractivity contribution in [2.75, 3.05) is 33.0 Å². The van der Waals surface area contributed by atoms with Gasteiger partial charge in [0.2, 0.25) is 0 Å². The van der Waals surface area contributed by atoms with Gasteiger partial charge >= 0.3 is 0 Å². The van der Waals surface area contributed by atoms with Crippen LogP contribution in [-0.4, -0.2) is 41.9 Å². The second-order valence-electron chi connectivity index (χ2n) is 4.33. The van der Waals surface area contributed by atoms with Gasteiger partial charge in [-0.2, -0.15) is 5.10 Å². The van der Waals surface area contributed by atoms with Crippen LogP contribution in [0, 0.1) is 0 Å². The van der Waals surface area contributed by atoms with Gasteiger partial charge in [0.1, 0.15) is 18.2 Å². The monoisotopic (exact) mass is 246 g/mol. The van der Waals surface area contributed by atoms with Gasteiger partial charge in [-0.25, -0.2) is 4.68 Å². The lowest BCUT2D eigenvalue weighted by Crippen LogP contribution is -2.19. The number of nitrogens with two attached hydrogens (primary N) is 1. The van der Waals surface area contributed by atoms with E-state index in [0.29, 0.717) is 12.4 Å².